The third-order valence-corrected chi connectivity index (χ3v) is 1.79. The van der Waals surface area contributed by atoms with Gasteiger partial charge in [0.1, 0.15) is 5.75 Å². The molecule has 4 heteroatoms. The summed E-state index contributed by atoms with van der Waals surface area (Å²) in [5.41, 5.74) is 5.98. The monoisotopic (exact) mass is 201 g/mol. The molecular weight excluding hydrogens is 194 g/mol. The first-order valence-corrected chi connectivity index (χ1v) is 4.14. The Morgan fingerprint density at radius 2 is 2.25 bits per heavy atom. The maximum atomic E-state index is 9.31. The van der Waals surface area contributed by atoms with Gasteiger partial charge in [-0.25, -0.2) is 0 Å². The highest BCUT2D eigenvalue weighted by Gasteiger charge is 2.02. The van der Waals surface area contributed by atoms with E-state index in [9.17, 15) is 5.11 Å². The van der Waals surface area contributed by atoms with Gasteiger partial charge >= 0.3 is 0 Å². The van der Waals surface area contributed by atoms with E-state index in [-0.39, 0.29) is 5.75 Å². The number of nitrogens with two attached hydrogens (primary N) is 1. The summed E-state index contributed by atoms with van der Waals surface area (Å²) in [5, 5.41) is 9.88. The number of halogens is 1. The third-order valence-electron chi connectivity index (χ3n) is 1.41. The minimum Gasteiger partial charge on any atom is -0.508 e. The van der Waals surface area contributed by atoms with Gasteiger partial charge in [0.05, 0.1) is 4.99 Å². The third kappa shape index (κ3) is 2.36. The molecule has 0 aliphatic carbocycles. The van der Waals surface area contributed by atoms with E-state index in [0.29, 0.717) is 22.0 Å². The zero-order chi connectivity index (χ0) is 9.14. The molecule has 0 bridgehead atoms. The molecule has 0 unspecified atom stereocenters. The van der Waals surface area contributed by atoms with Crippen molar-refractivity contribution in [2.45, 2.75) is 6.42 Å². The molecule has 12 heavy (non-hydrogen) atoms. The molecule has 64 valence electrons. The lowest BCUT2D eigenvalue weighted by atomic mass is 10.1. The van der Waals surface area contributed by atoms with Gasteiger partial charge in [-0.1, -0.05) is 23.8 Å². The minimum absolute atomic E-state index is 0.173. The van der Waals surface area contributed by atoms with Crippen molar-refractivity contribution in [3.8, 4) is 5.75 Å². The summed E-state index contributed by atoms with van der Waals surface area (Å²) in [7, 11) is 0. The average Bonchev–Trinajstić information content (AvgIpc) is 1.96. The van der Waals surface area contributed by atoms with Gasteiger partial charge in [0.25, 0.3) is 0 Å². The van der Waals surface area contributed by atoms with Crippen LogP contribution in [0, 0.1) is 0 Å². The molecule has 0 fully saturated rings. The van der Waals surface area contributed by atoms with Crippen molar-refractivity contribution in [3.63, 3.8) is 0 Å². The van der Waals surface area contributed by atoms with Crippen LogP contribution in [0.4, 0.5) is 0 Å². The molecule has 1 rings (SSSR count). The normalized spacial score (nSPS) is 9.75. The van der Waals surface area contributed by atoms with Crippen LogP contribution in [0.1, 0.15) is 5.56 Å². The highest BCUT2D eigenvalue weighted by Crippen LogP contribution is 2.21. The van der Waals surface area contributed by atoms with E-state index in [1.54, 1.807) is 12.1 Å². The predicted molar refractivity (Wildman–Crippen MR) is 53.6 cm³/mol. The van der Waals surface area contributed by atoms with Crippen LogP contribution in [0.2, 0.25) is 5.02 Å². The fourth-order valence-electron chi connectivity index (χ4n) is 0.883. The second-order valence-electron chi connectivity index (χ2n) is 2.42. The Balaban J connectivity index is 2.97. The number of hydrogen-bond donors (Lipinski definition) is 2. The number of thiocarbonyl (C=S) groups is 1. The highest BCUT2D eigenvalue weighted by atomic mass is 35.5. The number of aromatic hydroxyl groups is 1. The number of phenols is 1. The van der Waals surface area contributed by atoms with Crippen molar-refractivity contribution in [2.24, 2.45) is 5.73 Å². The van der Waals surface area contributed by atoms with Gasteiger partial charge in [-0.2, -0.15) is 0 Å². The van der Waals surface area contributed by atoms with E-state index in [1.807, 2.05) is 0 Å². The van der Waals surface area contributed by atoms with Gasteiger partial charge < -0.3 is 10.8 Å². The van der Waals surface area contributed by atoms with Crippen LogP contribution >= 0.6 is 23.8 Å². The van der Waals surface area contributed by atoms with E-state index < -0.39 is 0 Å². The van der Waals surface area contributed by atoms with Crippen molar-refractivity contribution in [3.05, 3.63) is 28.8 Å². The Hall–Kier alpha value is -0.800. The maximum absolute atomic E-state index is 9.31. The average molecular weight is 202 g/mol. The molecule has 0 saturated carbocycles. The first-order chi connectivity index (χ1) is 5.59. The molecule has 0 atom stereocenters. The molecule has 0 amide bonds. The van der Waals surface area contributed by atoms with Gasteiger partial charge in [0, 0.05) is 17.0 Å². The van der Waals surface area contributed by atoms with Gasteiger partial charge in [0.2, 0.25) is 0 Å². The van der Waals surface area contributed by atoms with Crippen molar-refractivity contribution in [1.29, 1.82) is 0 Å². The summed E-state index contributed by atoms with van der Waals surface area (Å²) in [6, 6.07) is 4.78. The van der Waals surface area contributed by atoms with Gasteiger partial charge in [-0.3, -0.25) is 0 Å². The van der Waals surface area contributed by atoms with Crippen LogP contribution in [0.15, 0.2) is 18.2 Å². The molecule has 0 aromatic heterocycles. The topological polar surface area (TPSA) is 46.2 Å². The molecule has 0 saturated heterocycles. The lowest BCUT2D eigenvalue weighted by Gasteiger charge is -2.02. The first kappa shape index (κ1) is 9.29. The summed E-state index contributed by atoms with van der Waals surface area (Å²) in [5.74, 6) is 0.173. The number of phenolic OH excluding ortho intramolecular Hbond substituents is 1. The molecule has 1 aromatic rings. The molecule has 0 aliphatic heterocycles. The Kier molecular flexibility index (Phi) is 2.89. The van der Waals surface area contributed by atoms with Crippen molar-refractivity contribution < 1.29 is 5.11 Å². The SMILES string of the molecule is NC(=S)Cc1cc(Cl)ccc1O. The molecule has 0 heterocycles. The quantitative estimate of drug-likeness (QED) is 0.719. The highest BCUT2D eigenvalue weighted by molar-refractivity contribution is 7.80. The van der Waals surface area contributed by atoms with Crippen LogP contribution in [0.25, 0.3) is 0 Å². The van der Waals surface area contributed by atoms with Crippen molar-refractivity contribution >= 4 is 28.8 Å². The van der Waals surface area contributed by atoms with Crippen LogP contribution in [0.5, 0.6) is 5.75 Å². The summed E-state index contributed by atoms with van der Waals surface area (Å²) in [4.78, 5) is 0.340. The predicted octanol–water partition coefficient (Wildman–Crippen LogP) is 1.87. The summed E-state index contributed by atoms with van der Waals surface area (Å²) >= 11 is 10.4. The van der Waals surface area contributed by atoms with Crippen LogP contribution < -0.4 is 5.73 Å². The van der Waals surface area contributed by atoms with E-state index in [2.05, 4.69) is 0 Å². The van der Waals surface area contributed by atoms with Gasteiger partial charge in [-0.15, -0.1) is 0 Å². The molecule has 3 N–H and O–H groups in total. The lowest BCUT2D eigenvalue weighted by molar-refractivity contribution is 0.470. The summed E-state index contributed by atoms with van der Waals surface area (Å²) < 4.78 is 0. The van der Waals surface area contributed by atoms with Gasteiger partial charge in [-0.05, 0) is 18.2 Å². The van der Waals surface area contributed by atoms with Crippen molar-refractivity contribution in [1.82, 2.24) is 0 Å². The largest absolute Gasteiger partial charge is 0.508 e. The van der Waals surface area contributed by atoms with Crippen LogP contribution in [0.3, 0.4) is 0 Å². The fourth-order valence-corrected chi connectivity index (χ4v) is 1.23. The maximum Gasteiger partial charge on any atom is 0.119 e. The molecule has 0 aliphatic rings. The van der Waals surface area contributed by atoms with E-state index in [4.69, 9.17) is 29.6 Å². The van der Waals surface area contributed by atoms with Crippen LogP contribution in [-0.4, -0.2) is 10.1 Å². The van der Waals surface area contributed by atoms with E-state index in [1.165, 1.54) is 6.07 Å². The molecule has 0 radical (unpaired) electrons. The van der Waals surface area contributed by atoms with Crippen molar-refractivity contribution in [2.75, 3.05) is 0 Å². The number of hydrogen-bond acceptors (Lipinski definition) is 2. The lowest BCUT2D eigenvalue weighted by Crippen LogP contribution is -2.10. The Labute approximate surface area is 81.0 Å². The zero-order valence-electron chi connectivity index (χ0n) is 6.25. The molecule has 1 aromatic carbocycles. The van der Waals surface area contributed by atoms with Crippen LogP contribution in [-0.2, 0) is 6.42 Å². The minimum atomic E-state index is 0.173. The first-order valence-electron chi connectivity index (χ1n) is 3.35. The number of benzene rings is 1. The zero-order valence-corrected chi connectivity index (χ0v) is 7.82. The Morgan fingerprint density at radius 3 is 2.83 bits per heavy atom. The van der Waals surface area contributed by atoms with Gasteiger partial charge in [0.15, 0.2) is 0 Å². The second-order valence-corrected chi connectivity index (χ2v) is 3.38. The van der Waals surface area contributed by atoms with E-state index in [0.717, 1.165) is 0 Å². The fraction of sp³-hybridized carbons (Fsp3) is 0.125. The molecular formula is C8H8ClNOS. The smallest absolute Gasteiger partial charge is 0.119 e. The summed E-state index contributed by atoms with van der Waals surface area (Å²) in [6.07, 6.45) is 0.377. The number of rotatable bonds is 2. The molecule has 0 spiro atoms. The molecule has 2 nitrogen and oxygen atoms in total. The van der Waals surface area contributed by atoms with E-state index >= 15 is 0 Å². The second kappa shape index (κ2) is 3.74. The Bertz CT molecular complexity index is 314. The summed E-state index contributed by atoms with van der Waals surface area (Å²) in [6.45, 7) is 0. The standard InChI is InChI=1S/C8H8ClNOS/c9-6-1-2-7(11)5(3-6)4-8(10)12/h1-3,11H,4H2,(H2,10,12). The Morgan fingerprint density at radius 1 is 1.58 bits per heavy atom.